The lowest BCUT2D eigenvalue weighted by molar-refractivity contribution is -0.121. The van der Waals surface area contributed by atoms with Gasteiger partial charge in [0.2, 0.25) is 0 Å². The van der Waals surface area contributed by atoms with Crippen molar-refractivity contribution < 1.29 is 4.79 Å². The van der Waals surface area contributed by atoms with Crippen molar-refractivity contribution in [2.45, 2.75) is 19.4 Å². The van der Waals surface area contributed by atoms with Crippen molar-refractivity contribution in [2.24, 2.45) is 0 Å². The number of hydrogen-bond acceptors (Lipinski definition) is 2. The van der Waals surface area contributed by atoms with Crippen molar-refractivity contribution in [2.75, 3.05) is 13.1 Å². The fourth-order valence-electron chi connectivity index (χ4n) is 1.81. The van der Waals surface area contributed by atoms with Crippen LogP contribution in [0.2, 0.25) is 0 Å². The molecule has 1 aromatic rings. The van der Waals surface area contributed by atoms with Crippen LogP contribution in [0, 0.1) is 0 Å². The Morgan fingerprint density at radius 1 is 1.13 bits per heavy atom. The summed E-state index contributed by atoms with van der Waals surface area (Å²) in [6.45, 7) is 2.78. The molecule has 2 rings (SSSR count). The van der Waals surface area contributed by atoms with E-state index in [0.29, 0.717) is 5.78 Å². The maximum absolute atomic E-state index is 11.1. The summed E-state index contributed by atoms with van der Waals surface area (Å²) in [5.41, 5.74) is 1.31. The minimum atomic E-state index is 0.405. The number of piperidine rings is 1. The average Bonchev–Trinajstić information content (AvgIpc) is 2.25. The molecule has 1 saturated heterocycles. The normalized spacial score (nSPS) is 18.1. The van der Waals surface area contributed by atoms with Crippen molar-refractivity contribution in [3.05, 3.63) is 34.3 Å². The average molecular weight is 268 g/mol. The lowest BCUT2D eigenvalue weighted by Gasteiger charge is -2.25. The summed E-state index contributed by atoms with van der Waals surface area (Å²) in [5, 5.41) is 0. The molecular weight excluding hydrogens is 254 g/mol. The fourth-order valence-corrected chi connectivity index (χ4v) is 2.07. The largest absolute Gasteiger partial charge is 0.300 e. The molecule has 1 aromatic carbocycles. The first-order valence-corrected chi connectivity index (χ1v) is 6.02. The van der Waals surface area contributed by atoms with Gasteiger partial charge in [0.1, 0.15) is 5.78 Å². The van der Waals surface area contributed by atoms with Crippen molar-refractivity contribution in [3.63, 3.8) is 0 Å². The van der Waals surface area contributed by atoms with Gasteiger partial charge >= 0.3 is 0 Å². The van der Waals surface area contributed by atoms with E-state index in [0.717, 1.165) is 36.9 Å². The summed E-state index contributed by atoms with van der Waals surface area (Å²) in [6.07, 6.45) is 1.44. The predicted molar refractivity (Wildman–Crippen MR) is 63.7 cm³/mol. The van der Waals surface area contributed by atoms with Crippen LogP contribution >= 0.6 is 15.9 Å². The van der Waals surface area contributed by atoms with Crippen molar-refractivity contribution >= 4 is 21.7 Å². The van der Waals surface area contributed by atoms with Gasteiger partial charge in [-0.15, -0.1) is 0 Å². The monoisotopic (exact) mass is 267 g/mol. The second kappa shape index (κ2) is 4.90. The van der Waals surface area contributed by atoms with Gasteiger partial charge < -0.3 is 0 Å². The van der Waals surface area contributed by atoms with E-state index in [1.807, 2.05) is 0 Å². The molecule has 0 unspecified atom stereocenters. The molecule has 80 valence electrons. The molecule has 0 atom stereocenters. The van der Waals surface area contributed by atoms with Crippen LogP contribution < -0.4 is 0 Å². The lowest BCUT2D eigenvalue weighted by atomic mass is 10.1. The third-order valence-corrected chi connectivity index (χ3v) is 3.26. The van der Waals surface area contributed by atoms with Crippen LogP contribution in [0.15, 0.2) is 28.7 Å². The topological polar surface area (TPSA) is 20.3 Å². The maximum Gasteiger partial charge on any atom is 0.135 e. The van der Waals surface area contributed by atoms with Crippen LogP contribution in [0.5, 0.6) is 0 Å². The van der Waals surface area contributed by atoms with E-state index < -0.39 is 0 Å². The maximum atomic E-state index is 11.1. The van der Waals surface area contributed by atoms with Crippen molar-refractivity contribution in [1.29, 1.82) is 0 Å². The number of benzene rings is 1. The van der Waals surface area contributed by atoms with Crippen LogP contribution in [0.25, 0.3) is 0 Å². The van der Waals surface area contributed by atoms with Crippen LogP contribution in [0.3, 0.4) is 0 Å². The number of carbonyl (C=O) groups excluding carboxylic acids is 1. The van der Waals surface area contributed by atoms with Crippen molar-refractivity contribution in [3.8, 4) is 0 Å². The summed E-state index contributed by atoms with van der Waals surface area (Å²) in [4.78, 5) is 13.4. The van der Waals surface area contributed by atoms with Gasteiger partial charge in [0.05, 0.1) is 0 Å². The Labute approximate surface area is 98.4 Å². The Morgan fingerprint density at radius 3 is 2.33 bits per heavy atom. The second-order valence-electron chi connectivity index (χ2n) is 3.94. The van der Waals surface area contributed by atoms with E-state index in [1.54, 1.807) is 0 Å². The van der Waals surface area contributed by atoms with Crippen LogP contribution in [-0.2, 0) is 11.3 Å². The molecule has 0 spiro atoms. The minimum absolute atomic E-state index is 0.405. The van der Waals surface area contributed by atoms with E-state index in [4.69, 9.17) is 0 Å². The molecule has 0 aromatic heterocycles. The number of hydrogen-bond donors (Lipinski definition) is 0. The number of rotatable bonds is 2. The Bertz CT molecular complexity index is 337. The quantitative estimate of drug-likeness (QED) is 0.821. The number of ketones is 1. The number of Topliss-reactive ketones (excluding diaryl/α,β-unsaturated/α-hetero) is 1. The van der Waals surface area contributed by atoms with Gasteiger partial charge in [0.15, 0.2) is 0 Å². The van der Waals surface area contributed by atoms with Crippen LogP contribution in [0.1, 0.15) is 18.4 Å². The molecule has 0 amide bonds. The summed E-state index contributed by atoms with van der Waals surface area (Å²) < 4.78 is 1.11. The first-order valence-electron chi connectivity index (χ1n) is 5.22. The first kappa shape index (κ1) is 10.8. The smallest absolute Gasteiger partial charge is 0.135 e. The number of likely N-dealkylation sites (tertiary alicyclic amines) is 1. The van der Waals surface area contributed by atoms with E-state index in [-0.39, 0.29) is 0 Å². The van der Waals surface area contributed by atoms with Crippen LogP contribution in [-0.4, -0.2) is 23.8 Å². The van der Waals surface area contributed by atoms with Gasteiger partial charge in [-0.2, -0.15) is 0 Å². The van der Waals surface area contributed by atoms with E-state index in [2.05, 4.69) is 45.1 Å². The second-order valence-corrected chi connectivity index (χ2v) is 4.86. The van der Waals surface area contributed by atoms with Gasteiger partial charge in [-0.25, -0.2) is 0 Å². The highest BCUT2D eigenvalue weighted by atomic mass is 79.9. The summed E-state index contributed by atoms with van der Waals surface area (Å²) in [7, 11) is 0. The van der Waals surface area contributed by atoms with Gasteiger partial charge in [-0.3, -0.25) is 9.69 Å². The molecule has 0 saturated carbocycles. The number of halogens is 1. The van der Waals surface area contributed by atoms with Gasteiger partial charge in [-0.1, -0.05) is 28.1 Å². The molecule has 1 fully saturated rings. The fraction of sp³-hybridized carbons (Fsp3) is 0.417. The predicted octanol–water partition coefficient (Wildman–Crippen LogP) is 2.61. The Kier molecular flexibility index (Phi) is 3.54. The number of carbonyl (C=O) groups is 1. The van der Waals surface area contributed by atoms with E-state index in [9.17, 15) is 4.79 Å². The molecule has 2 nitrogen and oxygen atoms in total. The zero-order valence-corrected chi connectivity index (χ0v) is 10.2. The van der Waals surface area contributed by atoms with Gasteiger partial charge in [0.25, 0.3) is 0 Å². The standard InChI is InChI=1S/C12H14BrNO/c13-11-3-1-10(2-4-11)9-14-7-5-12(15)6-8-14/h1-4H,5-9H2. The summed E-state index contributed by atoms with van der Waals surface area (Å²) in [5.74, 6) is 0.405. The van der Waals surface area contributed by atoms with Crippen LogP contribution in [0.4, 0.5) is 0 Å². The highest BCUT2D eigenvalue weighted by molar-refractivity contribution is 9.10. The Balaban J connectivity index is 1.91. The molecule has 0 aliphatic carbocycles. The Hall–Kier alpha value is -0.670. The zero-order chi connectivity index (χ0) is 10.7. The highest BCUT2D eigenvalue weighted by Gasteiger charge is 2.15. The lowest BCUT2D eigenvalue weighted by Crippen LogP contribution is -2.33. The zero-order valence-electron chi connectivity index (χ0n) is 8.58. The summed E-state index contributed by atoms with van der Waals surface area (Å²) in [6, 6.07) is 8.37. The van der Waals surface area contributed by atoms with E-state index >= 15 is 0 Å². The molecule has 3 heteroatoms. The molecular formula is C12H14BrNO. The molecule has 15 heavy (non-hydrogen) atoms. The number of nitrogens with zero attached hydrogens (tertiary/aromatic N) is 1. The molecule has 1 aliphatic heterocycles. The molecule has 1 aliphatic rings. The third kappa shape index (κ3) is 3.14. The first-order chi connectivity index (χ1) is 7.24. The summed E-state index contributed by atoms with van der Waals surface area (Å²) >= 11 is 3.42. The SMILES string of the molecule is O=C1CCN(Cc2ccc(Br)cc2)CC1. The highest BCUT2D eigenvalue weighted by Crippen LogP contribution is 2.14. The minimum Gasteiger partial charge on any atom is -0.300 e. The molecule has 0 N–H and O–H groups in total. The van der Waals surface area contributed by atoms with Crippen molar-refractivity contribution in [1.82, 2.24) is 4.90 Å². The molecule has 1 heterocycles. The van der Waals surface area contributed by atoms with Gasteiger partial charge in [0, 0.05) is 36.9 Å². The van der Waals surface area contributed by atoms with E-state index in [1.165, 1.54) is 5.56 Å². The Morgan fingerprint density at radius 2 is 1.73 bits per heavy atom. The van der Waals surface area contributed by atoms with Gasteiger partial charge in [-0.05, 0) is 17.7 Å². The molecule has 0 bridgehead atoms. The third-order valence-electron chi connectivity index (χ3n) is 2.73. The molecule has 0 radical (unpaired) electrons.